The van der Waals surface area contributed by atoms with Gasteiger partial charge in [0, 0.05) is 22.7 Å². The second kappa shape index (κ2) is 6.35. The molecule has 2 atom stereocenters. The van der Waals surface area contributed by atoms with E-state index in [0.717, 1.165) is 25.7 Å². The molecule has 3 N–H and O–H groups in total. The summed E-state index contributed by atoms with van der Waals surface area (Å²) >= 11 is 5.90. The number of nitrogens with two attached hydrogens (primary N) is 1. The standard InChI is InChI=1S/C14H18ClFN2O/c15-10-4-3-5-11(16)9(10)8-14(19)18-13-7-2-1-6-12(13)17/h3-5,12-13H,1-2,6-8,17H2,(H,18,19). The van der Waals surface area contributed by atoms with Gasteiger partial charge < -0.3 is 11.1 Å². The minimum absolute atomic E-state index is 0.00575. The molecule has 1 aliphatic carbocycles. The number of hydrogen-bond donors (Lipinski definition) is 2. The summed E-state index contributed by atoms with van der Waals surface area (Å²) in [5, 5.41) is 3.16. The number of carbonyl (C=O) groups excluding carboxylic acids is 1. The van der Waals surface area contributed by atoms with Gasteiger partial charge in [-0.2, -0.15) is 0 Å². The topological polar surface area (TPSA) is 55.1 Å². The van der Waals surface area contributed by atoms with Gasteiger partial charge in [-0.3, -0.25) is 4.79 Å². The lowest BCUT2D eigenvalue weighted by atomic mass is 9.91. The molecule has 5 heteroatoms. The largest absolute Gasteiger partial charge is 0.352 e. The predicted molar refractivity (Wildman–Crippen MR) is 73.5 cm³/mol. The molecule has 0 heterocycles. The Bertz CT molecular complexity index is 447. The van der Waals surface area contributed by atoms with Crippen molar-refractivity contribution in [1.29, 1.82) is 0 Å². The highest BCUT2D eigenvalue weighted by Crippen LogP contribution is 2.20. The van der Waals surface area contributed by atoms with Crippen LogP contribution in [0.25, 0.3) is 0 Å². The van der Waals surface area contributed by atoms with E-state index in [1.165, 1.54) is 12.1 Å². The molecule has 1 amide bonds. The normalized spacial score (nSPS) is 23.1. The molecule has 1 aromatic rings. The molecule has 1 aliphatic rings. The molecule has 19 heavy (non-hydrogen) atoms. The SMILES string of the molecule is NC1CCCCC1NC(=O)Cc1c(F)cccc1Cl. The molecule has 0 radical (unpaired) electrons. The zero-order chi connectivity index (χ0) is 13.8. The third kappa shape index (κ3) is 3.67. The van der Waals surface area contributed by atoms with Gasteiger partial charge in [-0.1, -0.05) is 30.5 Å². The summed E-state index contributed by atoms with van der Waals surface area (Å²) in [5.41, 5.74) is 6.21. The smallest absolute Gasteiger partial charge is 0.224 e. The van der Waals surface area contributed by atoms with Gasteiger partial charge in [-0.15, -0.1) is 0 Å². The van der Waals surface area contributed by atoms with E-state index in [9.17, 15) is 9.18 Å². The van der Waals surface area contributed by atoms with Crippen LogP contribution < -0.4 is 11.1 Å². The van der Waals surface area contributed by atoms with Gasteiger partial charge in [0.05, 0.1) is 6.42 Å². The number of rotatable bonds is 3. The molecule has 104 valence electrons. The first-order chi connectivity index (χ1) is 9.08. The van der Waals surface area contributed by atoms with Crippen molar-refractivity contribution in [3.8, 4) is 0 Å². The van der Waals surface area contributed by atoms with Crippen molar-refractivity contribution in [2.75, 3.05) is 0 Å². The Morgan fingerprint density at radius 2 is 2.16 bits per heavy atom. The molecule has 3 nitrogen and oxygen atoms in total. The van der Waals surface area contributed by atoms with Crippen molar-refractivity contribution in [1.82, 2.24) is 5.32 Å². The second-order valence-electron chi connectivity index (χ2n) is 5.00. The molecule has 0 aliphatic heterocycles. The maximum Gasteiger partial charge on any atom is 0.224 e. The van der Waals surface area contributed by atoms with Crippen molar-refractivity contribution < 1.29 is 9.18 Å². The summed E-state index contributed by atoms with van der Waals surface area (Å²) in [4.78, 5) is 11.9. The molecular weight excluding hydrogens is 267 g/mol. The van der Waals surface area contributed by atoms with E-state index in [1.54, 1.807) is 6.07 Å². The number of amides is 1. The minimum atomic E-state index is -0.449. The number of benzene rings is 1. The molecular formula is C14H18ClFN2O. The molecule has 1 saturated carbocycles. The van der Waals surface area contributed by atoms with Crippen LogP contribution in [0.2, 0.25) is 5.02 Å². The average Bonchev–Trinajstić information content (AvgIpc) is 2.37. The van der Waals surface area contributed by atoms with E-state index in [0.29, 0.717) is 0 Å². The maximum absolute atomic E-state index is 13.6. The van der Waals surface area contributed by atoms with Crippen LogP contribution in [-0.2, 0) is 11.2 Å². The predicted octanol–water partition coefficient (Wildman–Crippen LogP) is 2.41. The number of hydrogen-bond acceptors (Lipinski definition) is 2. The molecule has 0 aromatic heterocycles. The fraction of sp³-hybridized carbons (Fsp3) is 0.500. The minimum Gasteiger partial charge on any atom is -0.352 e. The van der Waals surface area contributed by atoms with Crippen LogP contribution in [0.4, 0.5) is 4.39 Å². The van der Waals surface area contributed by atoms with Crippen LogP contribution in [0.3, 0.4) is 0 Å². The van der Waals surface area contributed by atoms with Gasteiger partial charge in [-0.05, 0) is 25.0 Å². The second-order valence-corrected chi connectivity index (χ2v) is 5.41. The summed E-state index contributed by atoms with van der Waals surface area (Å²) in [6, 6.07) is 4.40. The van der Waals surface area contributed by atoms with Gasteiger partial charge in [0.2, 0.25) is 5.91 Å². The van der Waals surface area contributed by atoms with Crippen molar-refractivity contribution in [3.63, 3.8) is 0 Å². The molecule has 2 rings (SSSR count). The Labute approximate surface area is 117 Å². The Kier molecular flexibility index (Phi) is 4.77. The van der Waals surface area contributed by atoms with E-state index in [-0.39, 0.29) is 35.0 Å². The summed E-state index contributed by atoms with van der Waals surface area (Å²) in [7, 11) is 0. The fourth-order valence-corrected chi connectivity index (χ4v) is 2.69. The van der Waals surface area contributed by atoms with Gasteiger partial charge in [0.15, 0.2) is 0 Å². The quantitative estimate of drug-likeness (QED) is 0.895. The molecule has 0 saturated heterocycles. The first-order valence-corrected chi connectivity index (χ1v) is 6.93. The lowest BCUT2D eigenvalue weighted by Gasteiger charge is -2.29. The van der Waals surface area contributed by atoms with Crippen LogP contribution in [0, 0.1) is 5.82 Å². The van der Waals surface area contributed by atoms with Crippen LogP contribution in [0.5, 0.6) is 0 Å². The summed E-state index contributed by atoms with van der Waals surface area (Å²) in [6.07, 6.45) is 3.93. The summed E-state index contributed by atoms with van der Waals surface area (Å²) in [6.45, 7) is 0. The zero-order valence-corrected chi connectivity index (χ0v) is 11.4. The monoisotopic (exact) mass is 284 g/mol. The third-order valence-electron chi connectivity index (χ3n) is 3.56. The first kappa shape index (κ1) is 14.3. The zero-order valence-electron chi connectivity index (χ0n) is 10.7. The van der Waals surface area contributed by atoms with E-state index < -0.39 is 5.82 Å². The average molecular weight is 285 g/mol. The first-order valence-electron chi connectivity index (χ1n) is 6.56. The van der Waals surface area contributed by atoms with Crippen molar-refractivity contribution in [2.45, 2.75) is 44.2 Å². The highest BCUT2D eigenvalue weighted by molar-refractivity contribution is 6.31. The summed E-state index contributed by atoms with van der Waals surface area (Å²) < 4.78 is 13.6. The van der Waals surface area contributed by atoms with Gasteiger partial charge in [0.1, 0.15) is 5.82 Å². The molecule has 1 fully saturated rings. The van der Waals surface area contributed by atoms with Crippen molar-refractivity contribution in [3.05, 3.63) is 34.6 Å². The van der Waals surface area contributed by atoms with E-state index in [4.69, 9.17) is 17.3 Å². The van der Waals surface area contributed by atoms with E-state index in [2.05, 4.69) is 5.32 Å². The Balaban J connectivity index is 1.97. The Hall–Kier alpha value is -1.13. The number of nitrogens with one attached hydrogen (secondary N) is 1. The van der Waals surface area contributed by atoms with Gasteiger partial charge in [0.25, 0.3) is 0 Å². The Morgan fingerprint density at radius 1 is 1.42 bits per heavy atom. The van der Waals surface area contributed by atoms with Gasteiger partial charge >= 0.3 is 0 Å². The van der Waals surface area contributed by atoms with Gasteiger partial charge in [-0.25, -0.2) is 4.39 Å². The lowest BCUT2D eigenvalue weighted by Crippen LogP contribution is -2.49. The van der Waals surface area contributed by atoms with E-state index in [1.807, 2.05) is 0 Å². The number of halogens is 2. The summed E-state index contributed by atoms with van der Waals surface area (Å²) in [5.74, 6) is -0.676. The number of carbonyl (C=O) groups is 1. The third-order valence-corrected chi connectivity index (χ3v) is 3.92. The van der Waals surface area contributed by atoms with Crippen molar-refractivity contribution in [2.24, 2.45) is 5.73 Å². The Morgan fingerprint density at radius 3 is 2.84 bits per heavy atom. The highest BCUT2D eigenvalue weighted by Gasteiger charge is 2.23. The highest BCUT2D eigenvalue weighted by atomic mass is 35.5. The van der Waals surface area contributed by atoms with Crippen LogP contribution in [0.1, 0.15) is 31.2 Å². The van der Waals surface area contributed by atoms with Crippen LogP contribution in [0.15, 0.2) is 18.2 Å². The molecule has 2 unspecified atom stereocenters. The van der Waals surface area contributed by atoms with E-state index >= 15 is 0 Å². The molecule has 1 aromatic carbocycles. The maximum atomic E-state index is 13.6. The van der Waals surface area contributed by atoms with Crippen LogP contribution >= 0.6 is 11.6 Å². The lowest BCUT2D eigenvalue weighted by molar-refractivity contribution is -0.121. The fourth-order valence-electron chi connectivity index (χ4n) is 2.46. The van der Waals surface area contributed by atoms with Crippen molar-refractivity contribution >= 4 is 17.5 Å². The molecule has 0 bridgehead atoms. The molecule has 0 spiro atoms. The van der Waals surface area contributed by atoms with Crippen LogP contribution in [-0.4, -0.2) is 18.0 Å².